The predicted molar refractivity (Wildman–Crippen MR) is 73.3 cm³/mol. The summed E-state index contributed by atoms with van der Waals surface area (Å²) in [6.45, 7) is 2.71. The number of nitrogen functional groups attached to an aromatic ring is 1. The Hall–Kier alpha value is -1.45. The Kier molecular flexibility index (Phi) is 4.17. The molecule has 0 aliphatic heterocycles. The highest BCUT2D eigenvalue weighted by molar-refractivity contribution is 7.89. The van der Waals surface area contributed by atoms with Gasteiger partial charge in [0, 0.05) is 37.3 Å². The highest BCUT2D eigenvalue weighted by Crippen LogP contribution is 2.15. The molecule has 0 aromatic carbocycles. The van der Waals surface area contributed by atoms with Crippen LogP contribution in [0.4, 0.5) is 5.82 Å². The van der Waals surface area contributed by atoms with Gasteiger partial charge in [-0.2, -0.15) is 5.10 Å². The van der Waals surface area contributed by atoms with Crippen LogP contribution in [0.15, 0.2) is 22.7 Å². The Labute approximate surface area is 115 Å². The highest BCUT2D eigenvalue weighted by Gasteiger charge is 2.20. The summed E-state index contributed by atoms with van der Waals surface area (Å²) in [5, 5.41) is 6.66. The van der Waals surface area contributed by atoms with Gasteiger partial charge in [0.25, 0.3) is 0 Å². The molecule has 19 heavy (non-hydrogen) atoms. The van der Waals surface area contributed by atoms with Crippen LogP contribution in [-0.4, -0.2) is 29.7 Å². The number of sulfonamides is 1. The molecule has 0 saturated carbocycles. The molecule has 2 aromatic rings. The van der Waals surface area contributed by atoms with Gasteiger partial charge in [-0.3, -0.25) is 4.68 Å². The fraction of sp³-hybridized carbons (Fsp3) is 0.400. The highest BCUT2D eigenvalue weighted by atomic mass is 32.2. The molecule has 2 heterocycles. The molecule has 2 rings (SSSR count). The zero-order valence-corrected chi connectivity index (χ0v) is 12.0. The molecule has 0 saturated heterocycles. The van der Waals surface area contributed by atoms with Crippen molar-refractivity contribution >= 4 is 27.2 Å². The largest absolute Gasteiger partial charge is 0.381 e. The van der Waals surface area contributed by atoms with Gasteiger partial charge in [0.05, 0.1) is 5.01 Å². The number of rotatable bonds is 6. The molecule has 7 nitrogen and oxygen atoms in total. The average molecular weight is 301 g/mol. The number of aromatic nitrogens is 3. The smallest absolute Gasteiger partial charge is 0.245 e. The van der Waals surface area contributed by atoms with Crippen molar-refractivity contribution in [2.45, 2.75) is 24.8 Å². The summed E-state index contributed by atoms with van der Waals surface area (Å²) in [5.41, 5.74) is 5.61. The fourth-order valence-corrected chi connectivity index (χ4v) is 3.26. The molecule has 0 unspecified atom stereocenters. The molecule has 104 valence electrons. The van der Waals surface area contributed by atoms with Crippen molar-refractivity contribution in [3.63, 3.8) is 0 Å². The zero-order chi connectivity index (χ0) is 13.9. The Bertz CT molecular complexity index is 633. The second-order valence-electron chi connectivity index (χ2n) is 3.81. The van der Waals surface area contributed by atoms with Gasteiger partial charge in [0.15, 0.2) is 5.82 Å². The molecular formula is C10H15N5O2S2. The molecule has 0 aliphatic carbocycles. The second kappa shape index (κ2) is 5.68. The number of hydrogen-bond acceptors (Lipinski definition) is 6. The van der Waals surface area contributed by atoms with Gasteiger partial charge in [-0.1, -0.05) is 0 Å². The Morgan fingerprint density at radius 3 is 2.89 bits per heavy atom. The molecule has 0 bridgehead atoms. The number of thiazole rings is 1. The van der Waals surface area contributed by atoms with Crippen molar-refractivity contribution in [2.24, 2.45) is 0 Å². The van der Waals surface area contributed by atoms with Crippen molar-refractivity contribution in [1.82, 2.24) is 19.5 Å². The van der Waals surface area contributed by atoms with Crippen molar-refractivity contribution < 1.29 is 8.42 Å². The molecular weight excluding hydrogens is 286 g/mol. The van der Waals surface area contributed by atoms with E-state index in [0.717, 1.165) is 5.01 Å². The van der Waals surface area contributed by atoms with Crippen LogP contribution < -0.4 is 10.5 Å². The van der Waals surface area contributed by atoms with E-state index >= 15 is 0 Å². The van der Waals surface area contributed by atoms with Crippen LogP contribution in [0.3, 0.4) is 0 Å². The van der Waals surface area contributed by atoms with Gasteiger partial charge >= 0.3 is 0 Å². The SMILES string of the molecule is CCn1cc(S(=O)(=O)NCCc2nccs2)c(N)n1. The lowest BCUT2D eigenvalue weighted by atomic mass is 10.5. The summed E-state index contributed by atoms with van der Waals surface area (Å²) in [5.74, 6) is 0.0172. The summed E-state index contributed by atoms with van der Waals surface area (Å²) in [6, 6.07) is 0. The van der Waals surface area contributed by atoms with E-state index in [2.05, 4.69) is 14.8 Å². The monoisotopic (exact) mass is 301 g/mol. The maximum atomic E-state index is 12.0. The summed E-state index contributed by atoms with van der Waals surface area (Å²) in [7, 11) is -3.61. The summed E-state index contributed by atoms with van der Waals surface area (Å²) in [6.07, 6.45) is 3.68. The first kappa shape index (κ1) is 14.0. The molecule has 0 aliphatic rings. The van der Waals surface area contributed by atoms with E-state index in [9.17, 15) is 8.42 Å². The van der Waals surface area contributed by atoms with Crippen LogP contribution in [0.2, 0.25) is 0 Å². The third-order valence-corrected chi connectivity index (χ3v) is 4.80. The first-order chi connectivity index (χ1) is 9.03. The zero-order valence-electron chi connectivity index (χ0n) is 10.4. The Morgan fingerprint density at radius 1 is 1.53 bits per heavy atom. The number of aryl methyl sites for hydroxylation is 1. The average Bonchev–Trinajstić information content (AvgIpc) is 2.98. The lowest BCUT2D eigenvalue weighted by Crippen LogP contribution is -2.26. The van der Waals surface area contributed by atoms with Crippen molar-refractivity contribution in [1.29, 1.82) is 0 Å². The Balaban J connectivity index is 2.03. The molecule has 9 heteroatoms. The summed E-state index contributed by atoms with van der Waals surface area (Å²) < 4.78 is 28.1. The van der Waals surface area contributed by atoms with E-state index in [4.69, 9.17) is 5.73 Å². The fourth-order valence-electron chi connectivity index (χ4n) is 1.53. The van der Waals surface area contributed by atoms with Gasteiger partial charge in [-0.05, 0) is 6.92 Å². The third-order valence-electron chi connectivity index (χ3n) is 2.48. The minimum absolute atomic E-state index is 0.0172. The van der Waals surface area contributed by atoms with Crippen LogP contribution in [0, 0.1) is 0 Å². The standard InChI is InChI=1S/C10H15N5O2S2/c1-2-15-7-8(10(11)14-15)19(16,17)13-4-3-9-12-5-6-18-9/h5-7,13H,2-4H2,1H3,(H2,11,14). The molecule has 0 radical (unpaired) electrons. The number of nitrogens with two attached hydrogens (primary N) is 1. The normalized spacial score (nSPS) is 11.8. The summed E-state index contributed by atoms with van der Waals surface area (Å²) in [4.78, 5) is 4.11. The first-order valence-corrected chi connectivity index (χ1v) is 8.10. The lowest BCUT2D eigenvalue weighted by molar-refractivity contribution is 0.581. The van der Waals surface area contributed by atoms with E-state index in [0.29, 0.717) is 13.0 Å². The van der Waals surface area contributed by atoms with Crippen LogP contribution in [-0.2, 0) is 23.0 Å². The topological polar surface area (TPSA) is 103 Å². The van der Waals surface area contributed by atoms with Crippen LogP contribution in [0.1, 0.15) is 11.9 Å². The van der Waals surface area contributed by atoms with Gasteiger partial charge in [-0.15, -0.1) is 11.3 Å². The van der Waals surface area contributed by atoms with Crippen molar-refractivity contribution in [3.05, 3.63) is 22.8 Å². The van der Waals surface area contributed by atoms with E-state index in [1.54, 1.807) is 6.20 Å². The Morgan fingerprint density at radius 2 is 2.32 bits per heavy atom. The number of nitrogens with one attached hydrogen (secondary N) is 1. The number of anilines is 1. The summed E-state index contributed by atoms with van der Waals surface area (Å²) >= 11 is 1.49. The van der Waals surface area contributed by atoms with Gasteiger partial charge in [-0.25, -0.2) is 18.1 Å². The van der Waals surface area contributed by atoms with Crippen molar-refractivity contribution in [2.75, 3.05) is 12.3 Å². The minimum Gasteiger partial charge on any atom is -0.381 e. The van der Waals surface area contributed by atoms with E-state index < -0.39 is 10.0 Å². The van der Waals surface area contributed by atoms with Crippen molar-refractivity contribution in [3.8, 4) is 0 Å². The first-order valence-electron chi connectivity index (χ1n) is 5.74. The van der Waals surface area contributed by atoms with E-state index in [1.165, 1.54) is 22.2 Å². The molecule has 3 N–H and O–H groups in total. The van der Waals surface area contributed by atoms with E-state index in [1.807, 2.05) is 12.3 Å². The maximum Gasteiger partial charge on any atom is 0.245 e. The van der Waals surface area contributed by atoms with Crippen LogP contribution in [0.25, 0.3) is 0 Å². The van der Waals surface area contributed by atoms with Gasteiger partial charge < -0.3 is 5.73 Å². The molecule has 0 fully saturated rings. The van der Waals surface area contributed by atoms with Gasteiger partial charge in [0.2, 0.25) is 10.0 Å². The second-order valence-corrected chi connectivity index (χ2v) is 6.52. The molecule has 0 amide bonds. The lowest BCUT2D eigenvalue weighted by Gasteiger charge is -2.03. The van der Waals surface area contributed by atoms with Crippen LogP contribution in [0.5, 0.6) is 0 Å². The quantitative estimate of drug-likeness (QED) is 0.807. The van der Waals surface area contributed by atoms with Gasteiger partial charge in [0.1, 0.15) is 4.90 Å². The molecule has 0 spiro atoms. The van der Waals surface area contributed by atoms with E-state index in [-0.39, 0.29) is 17.3 Å². The molecule has 2 aromatic heterocycles. The number of hydrogen-bond donors (Lipinski definition) is 2. The predicted octanol–water partition coefficient (Wildman–Crippen LogP) is 0.463. The molecule has 0 atom stereocenters. The van der Waals surface area contributed by atoms with Crippen LogP contribution >= 0.6 is 11.3 Å². The number of nitrogens with zero attached hydrogens (tertiary/aromatic N) is 3. The minimum atomic E-state index is -3.61. The maximum absolute atomic E-state index is 12.0. The third kappa shape index (κ3) is 3.31.